The molecule has 5 nitrogen and oxygen atoms in total. The van der Waals surface area contributed by atoms with Gasteiger partial charge in [0.2, 0.25) is 25.0 Å². The Morgan fingerprint density at radius 3 is 1.67 bits per heavy atom. The monoisotopic (exact) mass is 307 g/mol. The van der Waals surface area contributed by atoms with Crippen molar-refractivity contribution >= 4 is 5.91 Å². The number of carbonyl (C=O) groups excluding carboxylic acids is 1. The van der Waals surface area contributed by atoms with Gasteiger partial charge in [0.1, 0.15) is 0 Å². The van der Waals surface area contributed by atoms with Crippen LogP contribution in [0.1, 0.15) is 46.1 Å². The van der Waals surface area contributed by atoms with Crippen molar-refractivity contribution in [3.63, 3.8) is 0 Å². The highest BCUT2D eigenvalue weighted by atomic mass is 19.2. The summed E-state index contributed by atoms with van der Waals surface area (Å²) in [6, 6.07) is 1.86. The van der Waals surface area contributed by atoms with E-state index in [0.29, 0.717) is 0 Å². The normalized spacial score (nSPS) is 15.5. The Bertz CT molecular complexity index is 512. The molecule has 0 spiro atoms. The minimum atomic E-state index is -2.03. The zero-order chi connectivity index (χ0) is 16.2. The molecule has 0 aliphatic heterocycles. The van der Waals surface area contributed by atoms with Crippen molar-refractivity contribution in [3.8, 4) is 0 Å². The second-order valence-corrected chi connectivity index (χ2v) is 4.09. The second-order valence-electron chi connectivity index (χ2n) is 4.09. The number of carbonyl (C=O) groups is 1. The third-order valence-electron chi connectivity index (χ3n) is 2.88. The van der Waals surface area contributed by atoms with E-state index in [2.05, 4.69) is 14.2 Å². The number of primary amides is 1. The first-order chi connectivity index (χ1) is 9.87. The molecule has 21 heavy (non-hydrogen) atoms. The highest BCUT2D eigenvalue weighted by Gasteiger charge is 2.27. The number of nitrogens with two attached hydrogens (primary N) is 1. The zero-order valence-electron chi connectivity index (χ0n) is 11.7. The molecule has 0 aliphatic carbocycles. The van der Waals surface area contributed by atoms with Gasteiger partial charge >= 0.3 is 0 Å². The third kappa shape index (κ3) is 3.72. The van der Waals surface area contributed by atoms with Gasteiger partial charge in [-0.15, -0.1) is 0 Å². The summed E-state index contributed by atoms with van der Waals surface area (Å²) >= 11 is 0. The summed E-state index contributed by atoms with van der Waals surface area (Å²) < 4.78 is 54.7. The van der Waals surface area contributed by atoms with Gasteiger partial charge in [0.05, 0.1) is 0 Å². The van der Waals surface area contributed by atoms with E-state index in [0.717, 1.165) is 33.5 Å². The van der Waals surface area contributed by atoms with E-state index in [1.54, 1.807) is 0 Å². The van der Waals surface area contributed by atoms with Crippen LogP contribution in [0.25, 0.3) is 0 Å². The average Bonchev–Trinajstić information content (AvgIpc) is 2.50. The molecule has 0 saturated heterocycles. The van der Waals surface area contributed by atoms with Crippen LogP contribution in [0.3, 0.4) is 0 Å². The predicted molar refractivity (Wildman–Crippen MR) is 67.5 cm³/mol. The smallest absolute Gasteiger partial charge is 0.249 e. The molecule has 0 saturated carbocycles. The Morgan fingerprint density at radius 1 is 0.905 bits per heavy atom. The maximum absolute atomic E-state index is 13.8. The van der Waals surface area contributed by atoms with Crippen LogP contribution in [0, 0.1) is 0 Å². The van der Waals surface area contributed by atoms with E-state index in [1.807, 2.05) is 0 Å². The molecule has 2 N–H and O–H groups in total. The van der Waals surface area contributed by atoms with Crippen LogP contribution in [-0.2, 0) is 14.2 Å². The average molecular weight is 307 g/mol. The van der Waals surface area contributed by atoms with E-state index in [-0.39, 0.29) is 22.3 Å². The molecule has 3 unspecified atom stereocenters. The summed E-state index contributed by atoms with van der Waals surface area (Å²) in [5.41, 5.74) is 3.86. The van der Waals surface area contributed by atoms with Gasteiger partial charge in [-0.1, -0.05) is 0 Å². The molecule has 0 aliphatic rings. The number of halogens is 3. The minimum absolute atomic E-state index is 0.312. The molecule has 3 atom stereocenters. The lowest BCUT2D eigenvalue weighted by Gasteiger charge is -2.19. The lowest BCUT2D eigenvalue weighted by Crippen LogP contribution is -2.18. The van der Waals surface area contributed by atoms with E-state index >= 15 is 0 Å². The van der Waals surface area contributed by atoms with Crippen molar-refractivity contribution in [2.75, 3.05) is 21.3 Å². The van der Waals surface area contributed by atoms with Crippen LogP contribution < -0.4 is 5.73 Å². The topological polar surface area (TPSA) is 70.8 Å². The summed E-state index contributed by atoms with van der Waals surface area (Å²) in [6.45, 7) is 0. The van der Waals surface area contributed by atoms with Crippen molar-refractivity contribution in [2.24, 2.45) is 5.73 Å². The summed E-state index contributed by atoms with van der Waals surface area (Å²) in [7, 11) is 3.16. The van der Waals surface area contributed by atoms with Crippen LogP contribution in [0.5, 0.6) is 0 Å². The molecule has 1 aromatic carbocycles. The molecule has 0 fully saturated rings. The number of ether oxygens (including phenoxy) is 3. The van der Waals surface area contributed by atoms with Gasteiger partial charge in [0.25, 0.3) is 0 Å². The Kier molecular flexibility index (Phi) is 6.13. The Balaban J connectivity index is 3.57. The van der Waals surface area contributed by atoms with Crippen molar-refractivity contribution in [1.82, 2.24) is 0 Å². The van der Waals surface area contributed by atoms with Gasteiger partial charge in [0, 0.05) is 43.6 Å². The van der Waals surface area contributed by atoms with Gasteiger partial charge in [-0.05, 0) is 12.1 Å². The number of benzene rings is 1. The fourth-order valence-corrected chi connectivity index (χ4v) is 1.83. The van der Waals surface area contributed by atoms with Crippen molar-refractivity contribution in [1.29, 1.82) is 0 Å². The quantitative estimate of drug-likeness (QED) is 0.840. The van der Waals surface area contributed by atoms with Gasteiger partial charge in [-0.3, -0.25) is 4.79 Å². The molecule has 8 heteroatoms. The van der Waals surface area contributed by atoms with Crippen molar-refractivity contribution < 1.29 is 32.2 Å². The Hall–Kier alpha value is -1.64. The van der Waals surface area contributed by atoms with Crippen LogP contribution >= 0.6 is 0 Å². The van der Waals surface area contributed by atoms with Crippen LogP contribution in [0.2, 0.25) is 0 Å². The van der Waals surface area contributed by atoms with Crippen molar-refractivity contribution in [2.45, 2.75) is 19.1 Å². The fraction of sp³-hybridized carbons (Fsp3) is 0.462. The summed E-state index contributed by atoms with van der Waals surface area (Å²) in [5, 5.41) is 0. The van der Waals surface area contributed by atoms with Crippen LogP contribution in [0.4, 0.5) is 13.2 Å². The summed E-state index contributed by atoms with van der Waals surface area (Å²) in [5.74, 6) is -1.01. The van der Waals surface area contributed by atoms with E-state index in [4.69, 9.17) is 5.73 Å². The van der Waals surface area contributed by atoms with Gasteiger partial charge in [0.15, 0.2) is 0 Å². The lowest BCUT2D eigenvalue weighted by atomic mass is 9.97. The maximum Gasteiger partial charge on any atom is 0.249 e. The van der Waals surface area contributed by atoms with E-state index in [1.165, 1.54) is 0 Å². The minimum Gasteiger partial charge on any atom is -0.366 e. The summed E-state index contributed by atoms with van der Waals surface area (Å²) in [6.07, 6.45) is -6.08. The molecule has 118 valence electrons. The molecular weight excluding hydrogens is 291 g/mol. The molecular formula is C13H16F3NO4. The number of amides is 1. The van der Waals surface area contributed by atoms with Crippen molar-refractivity contribution in [3.05, 3.63) is 34.4 Å². The maximum atomic E-state index is 13.8. The first kappa shape index (κ1) is 17.4. The number of alkyl halides is 3. The first-order valence-corrected chi connectivity index (χ1v) is 5.85. The predicted octanol–water partition coefficient (Wildman–Crippen LogP) is 2.63. The molecule has 0 bridgehead atoms. The largest absolute Gasteiger partial charge is 0.366 e. The third-order valence-corrected chi connectivity index (χ3v) is 2.88. The van der Waals surface area contributed by atoms with E-state index in [9.17, 15) is 18.0 Å². The number of methoxy groups -OCH3 is 3. The van der Waals surface area contributed by atoms with Gasteiger partial charge in [-0.2, -0.15) is 0 Å². The van der Waals surface area contributed by atoms with Gasteiger partial charge < -0.3 is 19.9 Å². The fourth-order valence-electron chi connectivity index (χ4n) is 1.83. The Morgan fingerprint density at radius 2 is 1.29 bits per heavy atom. The highest BCUT2D eigenvalue weighted by Crippen LogP contribution is 2.35. The number of rotatable bonds is 7. The summed E-state index contributed by atoms with van der Waals surface area (Å²) in [4.78, 5) is 11.4. The molecule has 1 rings (SSSR count). The van der Waals surface area contributed by atoms with Crippen LogP contribution in [0.15, 0.2) is 12.1 Å². The lowest BCUT2D eigenvalue weighted by molar-refractivity contribution is -0.0280. The molecule has 1 aromatic rings. The zero-order valence-corrected chi connectivity index (χ0v) is 11.7. The SMILES string of the molecule is COC(F)c1cc(C(F)OC)c(C(F)OC)cc1C(N)=O. The van der Waals surface area contributed by atoms with E-state index < -0.39 is 25.0 Å². The highest BCUT2D eigenvalue weighted by molar-refractivity contribution is 5.94. The molecule has 0 heterocycles. The molecule has 1 amide bonds. The molecule has 0 aromatic heterocycles. The standard InChI is InChI=1S/C13H16F3NO4/c1-19-10(14)6-4-8(12(16)21-3)9(13(17)18)5-7(6)11(15)20-2/h4-5,10-12H,1-3H3,(H2,17,18). The van der Waals surface area contributed by atoms with Gasteiger partial charge in [-0.25, -0.2) is 13.2 Å². The van der Waals surface area contributed by atoms with Crippen LogP contribution in [-0.4, -0.2) is 27.2 Å². The molecule has 0 radical (unpaired) electrons. The second kappa shape index (κ2) is 7.39. The Labute approximate surface area is 119 Å². The first-order valence-electron chi connectivity index (χ1n) is 5.85. The number of hydrogen-bond donors (Lipinski definition) is 1. The number of hydrogen-bond acceptors (Lipinski definition) is 4.